The quantitative estimate of drug-likeness (QED) is 0.939. The Bertz CT molecular complexity index is 663. The summed E-state index contributed by atoms with van der Waals surface area (Å²) >= 11 is 0. The van der Waals surface area contributed by atoms with E-state index in [-0.39, 0.29) is 5.91 Å². The van der Waals surface area contributed by atoms with Crippen molar-refractivity contribution in [1.82, 2.24) is 10.2 Å². The molecule has 1 aliphatic carbocycles. The molecule has 2 aromatic carbocycles. The van der Waals surface area contributed by atoms with Crippen LogP contribution in [0, 0.1) is 0 Å². The smallest absolute Gasteiger partial charge is 0.251 e. The summed E-state index contributed by atoms with van der Waals surface area (Å²) < 4.78 is 0. The van der Waals surface area contributed by atoms with E-state index in [1.807, 2.05) is 24.3 Å². The van der Waals surface area contributed by atoms with Crippen LogP contribution < -0.4 is 5.32 Å². The summed E-state index contributed by atoms with van der Waals surface area (Å²) in [6, 6.07) is 17.1. The Morgan fingerprint density at radius 3 is 2.64 bits per heavy atom. The first kappa shape index (κ1) is 14.8. The monoisotopic (exact) mass is 294 g/mol. The topological polar surface area (TPSA) is 32.3 Å². The van der Waals surface area contributed by atoms with Gasteiger partial charge in [-0.25, -0.2) is 0 Å². The highest BCUT2D eigenvalue weighted by Crippen LogP contribution is 2.35. The van der Waals surface area contributed by atoms with E-state index < -0.39 is 0 Å². The largest absolute Gasteiger partial charge is 0.355 e. The Labute approximate surface area is 132 Å². The van der Waals surface area contributed by atoms with Crippen molar-refractivity contribution in [2.45, 2.75) is 25.4 Å². The summed E-state index contributed by atoms with van der Waals surface area (Å²) in [6.45, 7) is 0.896. The first-order chi connectivity index (χ1) is 10.7. The molecule has 0 saturated carbocycles. The molecule has 0 radical (unpaired) electrons. The van der Waals surface area contributed by atoms with Crippen molar-refractivity contribution >= 4 is 5.91 Å². The number of benzene rings is 2. The van der Waals surface area contributed by atoms with Crippen molar-refractivity contribution in [2.24, 2.45) is 0 Å². The average molecular weight is 294 g/mol. The van der Waals surface area contributed by atoms with Gasteiger partial charge in [0.15, 0.2) is 0 Å². The van der Waals surface area contributed by atoms with Crippen LogP contribution in [-0.4, -0.2) is 24.9 Å². The van der Waals surface area contributed by atoms with Gasteiger partial charge in [-0.15, -0.1) is 0 Å². The molecular weight excluding hydrogens is 272 g/mol. The Hall–Kier alpha value is -2.13. The van der Waals surface area contributed by atoms with Gasteiger partial charge in [0.05, 0.1) is 0 Å². The molecule has 0 aliphatic heterocycles. The highest BCUT2D eigenvalue weighted by atomic mass is 16.1. The fourth-order valence-corrected chi connectivity index (χ4v) is 3.30. The van der Waals surface area contributed by atoms with Gasteiger partial charge in [-0.2, -0.15) is 0 Å². The lowest BCUT2D eigenvalue weighted by Gasteiger charge is -2.25. The summed E-state index contributed by atoms with van der Waals surface area (Å²) in [5, 5.41) is 2.65. The number of hydrogen-bond acceptors (Lipinski definition) is 2. The van der Waals surface area contributed by atoms with Gasteiger partial charge in [0.25, 0.3) is 5.91 Å². The van der Waals surface area contributed by atoms with Gasteiger partial charge in [0.1, 0.15) is 0 Å². The fourth-order valence-electron chi connectivity index (χ4n) is 3.30. The number of amides is 1. The standard InChI is InChI=1S/C19H22N2O/c1-20-19(22)16-9-7-14(8-10-16)13-21(2)18-12-11-15-5-3-4-6-17(15)18/h3-10,18H,11-13H2,1-2H3,(H,20,22). The summed E-state index contributed by atoms with van der Waals surface area (Å²) in [5.41, 5.74) is 4.89. The molecule has 2 aromatic rings. The van der Waals surface area contributed by atoms with Crippen molar-refractivity contribution in [1.29, 1.82) is 0 Å². The summed E-state index contributed by atoms with van der Waals surface area (Å²) in [5.74, 6) is -0.0374. The predicted octanol–water partition coefficient (Wildman–Crippen LogP) is 3.17. The molecule has 0 heterocycles. The second-order valence-corrected chi connectivity index (χ2v) is 5.94. The zero-order valence-electron chi connectivity index (χ0n) is 13.2. The average Bonchev–Trinajstić information content (AvgIpc) is 2.99. The molecule has 1 aliphatic rings. The third kappa shape index (κ3) is 2.90. The molecule has 22 heavy (non-hydrogen) atoms. The molecule has 3 nitrogen and oxygen atoms in total. The van der Waals surface area contributed by atoms with Crippen LogP contribution in [0.15, 0.2) is 48.5 Å². The number of rotatable bonds is 4. The van der Waals surface area contributed by atoms with E-state index in [1.165, 1.54) is 29.5 Å². The number of fused-ring (bicyclic) bond motifs is 1. The lowest BCUT2D eigenvalue weighted by atomic mass is 10.1. The minimum absolute atomic E-state index is 0.0374. The first-order valence-electron chi connectivity index (χ1n) is 7.78. The van der Waals surface area contributed by atoms with Gasteiger partial charge in [-0.1, -0.05) is 36.4 Å². The predicted molar refractivity (Wildman–Crippen MR) is 88.8 cm³/mol. The maximum absolute atomic E-state index is 11.6. The Morgan fingerprint density at radius 1 is 1.18 bits per heavy atom. The highest BCUT2D eigenvalue weighted by Gasteiger charge is 2.25. The second-order valence-electron chi connectivity index (χ2n) is 5.94. The van der Waals surface area contributed by atoms with Crippen LogP contribution in [0.25, 0.3) is 0 Å². The second kappa shape index (κ2) is 6.32. The molecule has 1 amide bonds. The SMILES string of the molecule is CNC(=O)c1ccc(CN(C)C2CCc3ccccc32)cc1. The zero-order chi connectivity index (χ0) is 15.5. The van der Waals surface area contributed by atoms with E-state index in [2.05, 4.69) is 41.5 Å². The van der Waals surface area contributed by atoms with Crippen molar-refractivity contribution in [3.8, 4) is 0 Å². The number of aryl methyl sites for hydroxylation is 1. The van der Waals surface area contributed by atoms with Crippen molar-refractivity contribution in [3.63, 3.8) is 0 Å². The van der Waals surface area contributed by atoms with Gasteiger partial charge in [-0.3, -0.25) is 9.69 Å². The van der Waals surface area contributed by atoms with Gasteiger partial charge < -0.3 is 5.32 Å². The van der Waals surface area contributed by atoms with E-state index in [0.29, 0.717) is 11.6 Å². The number of hydrogen-bond donors (Lipinski definition) is 1. The van der Waals surface area contributed by atoms with Gasteiger partial charge in [-0.05, 0) is 48.7 Å². The van der Waals surface area contributed by atoms with Crippen LogP contribution in [0.1, 0.15) is 39.5 Å². The van der Waals surface area contributed by atoms with Crippen LogP contribution in [0.4, 0.5) is 0 Å². The molecule has 1 atom stereocenters. The Kier molecular flexibility index (Phi) is 4.25. The van der Waals surface area contributed by atoms with E-state index in [0.717, 1.165) is 6.54 Å². The maximum Gasteiger partial charge on any atom is 0.251 e. The molecule has 1 unspecified atom stereocenters. The van der Waals surface area contributed by atoms with E-state index in [9.17, 15) is 4.79 Å². The Morgan fingerprint density at radius 2 is 1.91 bits per heavy atom. The first-order valence-corrected chi connectivity index (χ1v) is 7.78. The van der Waals surface area contributed by atoms with Crippen LogP contribution in [0.5, 0.6) is 0 Å². The van der Waals surface area contributed by atoms with E-state index >= 15 is 0 Å². The number of nitrogens with zero attached hydrogens (tertiary/aromatic N) is 1. The fraction of sp³-hybridized carbons (Fsp3) is 0.316. The molecule has 0 aromatic heterocycles. The lowest BCUT2D eigenvalue weighted by molar-refractivity contribution is 0.0963. The van der Waals surface area contributed by atoms with Crippen molar-refractivity contribution in [2.75, 3.05) is 14.1 Å². The van der Waals surface area contributed by atoms with Crippen LogP contribution in [0.3, 0.4) is 0 Å². The summed E-state index contributed by atoms with van der Waals surface area (Å²) in [4.78, 5) is 14.0. The van der Waals surface area contributed by atoms with Crippen LogP contribution >= 0.6 is 0 Å². The number of nitrogens with one attached hydrogen (secondary N) is 1. The molecule has 1 N–H and O–H groups in total. The minimum Gasteiger partial charge on any atom is -0.355 e. The van der Waals surface area contributed by atoms with E-state index in [4.69, 9.17) is 0 Å². The minimum atomic E-state index is -0.0374. The molecule has 114 valence electrons. The lowest BCUT2D eigenvalue weighted by Crippen LogP contribution is -2.22. The summed E-state index contributed by atoms with van der Waals surface area (Å²) in [7, 11) is 3.83. The van der Waals surface area contributed by atoms with Gasteiger partial charge >= 0.3 is 0 Å². The van der Waals surface area contributed by atoms with Crippen LogP contribution in [-0.2, 0) is 13.0 Å². The normalized spacial score (nSPS) is 16.6. The number of carbonyl (C=O) groups is 1. The third-order valence-electron chi connectivity index (χ3n) is 4.51. The van der Waals surface area contributed by atoms with E-state index in [1.54, 1.807) is 7.05 Å². The summed E-state index contributed by atoms with van der Waals surface area (Å²) in [6.07, 6.45) is 2.35. The molecule has 0 fully saturated rings. The highest BCUT2D eigenvalue weighted by molar-refractivity contribution is 5.93. The zero-order valence-corrected chi connectivity index (χ0v) is 13.2. The molecule has 0 bridgehead atoms. The molecular formula is C19H22N2O. The molecule has 3 rings (SSSR count). The van der Waals surface area contributed by atoms with Gasteiger partial charge in [0, 0.05) is 25.2 Å². The Balaban J connectivity index is 1.70. The molecule has 0 spiro atoms. The molecule has 3 heteroatoms. The van der Waals surface area contributed by atoms with Crippen LogP contribution in [0.2, 0.25) is 0 Å². The molecule has 0 saturated heterocycles. The maximum atomic E-state index is 11.6. The van der Waals surface area contributed by atoms with Gasteiger partial charge in [0.2, 0.25) is 0 Å². The van der Waals surface area contributed by atoms with Crippen molar-refractivity contribution in [3.05, 3.63) is 70.8 Å². The third-order valence-corrected chi connectivity index (χ3v) is 4.51. The number of carbonyl (C=O) groups excluding carboxylic acids is 1. The van der Waals surface area contributed by atoms with Crippen molar-refractivity contribution < 1.29 is 4.79 Å².